The molecule has 0 aromatic heterocycles. The first kappa shape index (κ1) is 42.6. The van der Waals surface area contributed by atoms with Crippen molar-refractivity contribution in [3.63, 3.8) is 0 Å². The summed E-state index contributed by atoms with van der Waals surface area (Å²) in [5, 5.41) is 6.67. The van der Waals surface area contributed by atoms with Gasteiger partial charge < -0.3 is 9.80 Å². The molecule has 4 fully saturated rings. The number of fused-ring (bicyclic) bond motifs is 3. The molecule has 0 atom stereocenters. The second-order valence-electron chi connectivity index (χ2n) is 22.3. The standard InChI is InChI=1S/C74H56N2/c1-6-19-50(20-7-1)54-44-55(51-21-8-2-9-22-51)46-60(45-54)76(69-32-18-31-67-73(69)62-29-16-17-30-66(62)74(67)56-40-48-39-49(42-56)43-57(74)41-48)68-38-34-53-33-35-64-70(75(58-25-12-4-13-26-58)59-27-14-5-15-28-59)47-65(52-23-10-3-11-24-52)61-36-37-63(68)71(53)72(61)64/h1-38,44-49,56-57H,39-43H2/i34D. The normalized spacial score (nSPS) is 20.1. The summed E-state index contributed by atoms with van der Waals surface area (Å²) >= 11 is 0. The first-order valence-electron chi connectivity index (χ1n) is 28.1. The zero-order valence-electron chi connectivity index (χ0n) is 43.4. The smallest absolute Gasteiger partial charge is 0.0630 e. The van der Waals surface area contributed by atoms with Crippen LogP contribution in [0.15, 0.2) is 255 Å². The number of hydrogen-bond acceptors (Lipinski definition) is 2. The molecule has 2 nitrogen and oxygen atoms in total. The highest BCUT2D eigenvalue weighted by atomic mass is 15.2. The molecule has 4 bridgehead atoms. The van der Waals surface area contributed by atoms with Gasteiger partial charge in [-0.3, -0.25) is 0 Å². The third-order valence-electron chi connectivity index (χ3n) is 18.4. The van der Waals surface area contributed by atoms with Crippen LogP contribution < -0.4 is 9.80 Å². The van der Waals surface area contributed by atoms with Crippen LogP contribution in [0.1, 0.15) is 44.6 Å². The maximum absolute atomic E-state index is 10.3. The van der Waals surface area contributed by atoms with Gasteiger partial charge >= 0.3 is 0 Å². The van der Waals surface area contributed by atoms with Crippen LogP contribution in [0, 0.1) is 23.7 Å². The minimum Gasteiger partial charge on any atom is -0.310 e. The second kappa shape index (κ2) is 17.2. The van der Waals surface area contributed by atoms with Gasteiger partial charge in [0.25, 0.3) is 0 Å². The van der Waals surface area contributed by atoms with E-state index in [1.807, 2.05) is 0 Å². The Morgan fingerprint density at radius 2 is 0.868 bits per heavy atom. The van der Waals surface area contributed by atoms with Crippen molar-refractivity contribution in [2.24, 2.45) is 23.7 Å². The van der Waals surface area contributed by atoms with Crippen LogP contribution in [-0.2, 0) is 5.41 Å². The molecule has 0 saturated heterocycles. The minimum absolute atomic E-state index is 0.0149. The van der Waals surface area contributed by atoms with Gasteiger partial charge in [-0.2, -0.15) is 0 Å². The number of hydrogen-bond donors (Lipinski definition) is 0. The summed E-state index contributed by atoms with van der Waals surface area (Å²) in [4.78, 5) is 4.99. The van der Waals surface area contributed by atoms with E-state index >= 15 is 0 Å². The van der Waals surface area contributed by atoms with Crippen molar-refractivity contribution in [2.45, 2.75) is 37.5 Å². The maximum Gasteiger partial charge on any atom is 0.0630 e. The Kier molecular flexibility index (Phi) is 9.62. The first-order valence-corrected chi connectivity index (χ1v) is 27.6. The number of nitrogens with zero attached hydrogens (tertiary/aromatic N) is 2. The number of para-hydroxylation sites is 2. The molecule has 5 aliphatic carbocycles. The second-order valence-corrected chi connectivity index (χ2v) is 22.3. The average Bonchev–Trinajstić information content (AvgIpc) is 4.04. The summed E-state index contributed by atoms with van der Waals surface area (Å²) in [6.45, 7) is 0. The quantitative estimate of drug-likeness (QED) is 0.133. The van der Waals surface area contributed by atoms with Gasteiger partial charge in [0.1, 0.15) is 0 Å². The number of rotatable bonds is 9. The van der Waals surface area contributed by atoms with Crippen molar-refractivity contribution in [3.8, 4) is 44.5 Å². The fourth-order valence-corrected chi connectivity index (χ4v) is 15.7. The van der Waals surface area contributed by atoms with Gasteiger partial charge in [-0.15, -0.1) is 0 Å². The molecule has 12 aromatic rings. The van der Waals surface area contributed by atoms with E-state index in [-0.39, 0.29) is 5.41 Å². The Labute approximate surface area is 446 Å². The van der Waals surface area contributed by atoms with Gasteiger partial charge in [0.2, 0.25) is 0 Å². The van der Waals surface area contributed by atoms with E-state index in [1.165, 1.54) is 81.9 Å². The molecule has 4 saturated carbocycles. The minimum atomic E-state index is -0.0149. The molecule has 0 unspecified atom stereocenters. The van der Waals surface area contributed by atoms with Crippen LogP contribution >= 0.6 is 0 Å². The Bertz CT molecular complexity index is 4100. The Hall–Kier alpha value is -8.72. The topological polar surface area (TPSA) is 6.48 Å². The molecule has 17 rings (SSSR count). The van der Waals surface area contributed by atoms with Crippen LogP contribution in [0.3, 0.4) is 0 Å². The number of benzene rings is 12. The molecule has 0 radical (unpaired) electrons. The summed E-state index contributed by atoms with van der Waals surface area (Å²) in [5.41, 5.74) is 19.2. The molecule has 76 heavy (non-hydrogen) atoms. The largest absolute Gasteiger partial charge is 0.310 e. The third kappa shape index (κ3) is 6.53. The monoisotopic (exact) mass is 973 g/mol. The predicted molar refractivity (Wildman–Crippen MR) is 319 cm³/mol. The summed E-state index contributed by atoms with van der Waals surface area (Å²) < 4.78 is 10.3. The predicted octanol–water partition coefficient (Wildman–Crippen LogP) is 20.2. The zero-order chi connectivity index (χ0) is 50.8. The lowest BCUT2D eigenvalue weighted by Crippen LogP contribution is -2.55. The van der Waals surface area contributed by atoms with Gasteiger partial charge in [0.15, 0.2) is 0 Å². The molecular weight excluding hydrogens is 917 g/mol. The molecule has 0 aliphatic heterocycles. The lowest BCUT2D eigenvalue weighted by Gasteiger charge is -2.61. The molecule has 2 heteroatoms. The first-order chi connectivity index (χ1) is 38.1. The molecule has 0 amide bonds. The molecule has 12 aromatic carbocycles. The van der Waals surface area contributed by atoms with Crippen LogP contribution in [-0.4, -0.2) is 0 Å². The summed E-state index contributed by atoms with van der Waals surface area (Å²) in [6.07, 6.45) is 6.71. The summed E-state index contributed by atoms with van der Waals surface area (Å²) in [7, 11) is 0. The summed E-state index contributed by atoms with van der Waals surface area (Å²) in [5.74, 6) is 2.95. The van der Waals surface area contributed by atoms with Crippen molar-refractivity contribution >= 4 is 66.4 Å². The SMILES string of the molecule is [2H]c1cc(N(c2cc(-c3ccccc3)cc(-c3ccccc3)c2)c2cccc3c2-c2ccccc2C32C3CC4CC(C3)CC2C4)c2ccc3c(-c4ccccc4)cc(N(c4ccccc4)c4ccccc4)c4ccc1c2c34. The lowest BCUT2D eigenvalue weighted by molar-refractivity contribution is -0.0399. The van der Waals surface area contributed by atoms with Crippen molar-refractivity contribution < 1.29 is 1.37 Å². The highest BCUT2D eigenvalue weighted by Crippen LogP contribution is 2.70. The highest BCUT2D eigenvalue weighted by molar-refractivity contribution is 6.30. The van der Waals surface area contributed by atoms with E-state index in [0.29, 0.717) is 17.9 Å². The van der Waals surface area contributed by atoms with Crippen LogP contribution in [0.5, 0.6) is 0 Å². The molecule has 0 heterocycles. The molecular formula is C74H56N2. The van der Waals surface area contributed by atoms with E-state index in [4.69, 9.17) is 0 Å². The van der Waals surface area contributed by atoms with Crippen molar-refractivity contribution in [1.82, 2.24) is 0 Å². The van der Waals surface area contributed by atoms with E-state index in [9.17, 15) is 1.37 Å². The summed E-state index contributed by atoms with van der Waals surface area (Å²) in [6, 6.07) is 92.5. The average molecular weight is 974 g/mol. The number of anilines is 6. The van der Waals surface area contributed by atoms with Gasteiger partial charge in [-0.1, -0.05) is 194 Å². The van der Waals surface area contributed by atoms with Crippen molar-refractivity contribution in [1.29, 1.82) is 0 Å². The van der Waals surface area contributed by atoms with Gasteiger partial charge in [-0.25, -0.2) is 0 Å². The molecule has 362 valence electrons. The molecule has 1 spiro atoms. The zero-order valence-corrected chi connectivity index (χ0v) is 42.4. The molecule has 5 aliphatic rings. The Balaban J connectivity index is 1.02. The van der Waals surface area contributed by atoms with E-state index in [1.54, 1.807) is 0 Å². The fraction of sp³-hybridized carbons (Fsp3) is 0.135. The van der Waals surface area contributed by atoms with Gasteiger partial charge in [-0.05, 0) is 183 Å². The Morgan fingerprint density at radius 3 is 1.50 bits per heavy atom. The fourth-order valence-electron chi connectivity index (χ4n) is 15.7. The van der Waals surface area contributed by atoms with Crippen LogP contribution in [0.25, 0.3) is 76.8 Å². The van der Waals surface area contributed by atoms with E-state index in [2.05, 4.69) is 259 Å². The van der Waals surface area contributed by atoms with Crippen LogP contribution in [0.4, 0.5) is 34.1 Å². The molecule has 0 N–H and O–H groups in total. The van der Waals surface area contributed by atoms with Crippen molar-refractivity contribution in [2.75, 3.05) is 9.80 Å². The van der Waals surface area contributed by atoms with E-state index < -0.39 is 0 Å². The highest BCUT2D eigenvalue weighted by Gasteiger charge is 2.62. The Morgan fingerprint density at radius 1 is 0.342 bits per heavy atom. The third-order valence-corrected chi connectivity index (χ3v) is 18.4. The lowest BCUT2D eigenvalue weighted by atomic mass is 9.43. The van der Waals surface area contributed by atoms with Crippen molar-refractivity contribution in [3.05, 3.63) is 266 Å². The van der Waals surface area contributed by atoms with Gasteiger partial charge in [0, 0.05) is 44.2 Å². The van der Waals surface area contributed by atoms with E-state index in [0.717, 1.165) is 84.1 Å². The van der Waals surface area contributed by atoms with Crippen LogP contribution in [0.2, 0.25) is 0 Å². The maximum atomic E-state index is 10.3. The van der Waals surface area contributed by atoms with Gasteiger partial charge in [0.05, 0.1) is 18.4 Å².